The topological polar surface area (TPSA) is 35.0 Å². The molecule has 0 spiro atoms. The number of aromatic nitrogens is 2. The van der Waals surface area contributed by atoms with Gasteiger partial charge in [0.25, 0.3) is 0 Å². The van der Waals surface area contributed by atoms with Gasteiger partial charge in [-0.1, -0.05) is 18.5 Å². The van der Waals surface area contributed by atoms with Crippen molar-refractivity contribution in [3.8, 4) is 11.6 Å². The molecular formula is C13H11BrClFN2O. The van der Waals surface area contributed by atoms with Crippen LogP contribution >= 0.6 is 27.5 Å². The smallest absolute Gasteiger partial charge is 0.223 e. The van der Waals surface area contributed by atoms with Crippen LogP contribution in [-0.2, 0) is 6.42 Å². The summed E-state index contributed by atoms with van der Waals surface area (Å²) in [6, 6.07) is 5.87. The van der Waals surface area contributed by atoms with Crippen molar-refractivity contribution in [1.82, 2.24) is 9.97 Å². The molecule has 0 aliphatic carbocycles. The van der Waals surface area contributed by atoms with E-state index >= 15 is 0 Å². The van der Waals surface area contributed by atoms with Crippen molar-refractivity contribution in [2.24, 2.45) is 0 Å². The first-order valence-corrected chi connectivity index (χ1v) is 6.92. The standard InChI is InChI=1S/C13H11BrClFN2O/c1-2-3-12-17-11(14)7-13(18-12)19-8-4-5-9(15)10(16)6-8/h4-7H,2-3H2,1H3. The molecule has 0 atom stereocenters. The minimum Gasteiger partial charge on any atom is -0.439 e. The number of hydrogen-bond donors (Lipinski definition) is 0. The van der Waals surface area contributed by atoms with E-state index in [1.54, 1.807) is 12.1 Å². The first-order chi connectivity index (χ1) is 9.08. The van der Waals surface area contributed by atoms with Gasteiger partial charge in [-0.3, -0.25) is 0 Å². The van der Waals surface area contributed by atoms with Crippen LogP contribution in [0, 0.1) is 5.82 Å². The van der Waals surface area contributed by atoms with Gasteiger partial charge in [-0.15, -0.1) is 0 Å². The summed E-state index contributed by atoms with van der Waals surface area (Å²) in [6.07, 6.45) is 1.69. The largest absolute Gasteiger partial charge is 0.439 e. The molecule has 0 bridgehead atoms. The third kappa shape index (κ3) is 3.88. The molecule has 19 heavy (non-hydrogen) atoms. The molecule has 0 aliphatic heterocycles. The van der Waals surface area contributed by atoms with Gasteiger partial charge >= 0.3 is 0 Å². The Kier molecular flexibility index (Phi) is 4.71. The van der Waals surface area contributed by atoms with Crippen LogP contribution < -0.4 is 4.74 Å². The van der Waals surface area contributed by atoms with Crippen molar-refractivity contribution in [2.75, 3.05) is 0 Å². The van der Waals surface area contributed by atoms with Gasteiger partial charge in [0, 0.05) is 18.6 Å². The summed E-state index contributed by atoms with van der Waals surface area (Å²) < 4.78 is 19.4. The summed E-state index contributed by atoms with van der Waals surface area (Å²) in [5.41, 5.74) is 0. The molecule has 0 unspecified atom stereocenters. The van der Waals surface area contributed by atoms with Crippen molar-refractivity contribution in [3.63, 3.8) is 0 Å². The molecule has 0 amide bonds. The van der Waals surface area contributed by atoms with E-state index in [1.165, 1.54) is 12.1 Å². The quantitative estimate of drug-likeness (QED) is 0.748. The molecule has 2 rings (SSSR count). The molecule has 0 radical (unpaired) electrons. The maximum Gasteiger partial charge on any atom is 0.223 e. The molecule has 1 heterocycles. The van der Waals surface area contributed by atoms with Crippen LogP contribution in [0.5, 0.6) is 11.6 Å². The van der Waals surface area contributed by atoms with E-state index < -0.39 is 5.82 Å². The van der Waals surface area contributed by atoms with Crippen molar-refractivity contribution in [3.05, 3.63) is 45.5 Å². The molecule has 1 aromatic heterocycles. The Morgan fingerprint density at radius 3 is 2.79 bits per heavy atom. The van der Waals surface area contributed by atoms with E-state index in [0.29, 0.717) is 22.1 Å². The summed E-state index contributed by atoms with van der Waals surface area (Å²) in [5, 5.41) is 0.0582. The number of rotatable bonds is 4. The summed E-state index contributed by atoms with van der Waals surface area (Å²) >= 11 is 8.91. The van der Waals surface area contributed by atoms with E-state index in [-0.39, 0.29) is 5.02 Å². The van der Waals surface area contributed by atoms with Crippen LogP contribution in [0.2, 0.25) is 5.02 Å². The Labute approximate surface area is 123 Å². The Morgan fingerprint density at radius 2 is 2.11 bits per heavy atom. The van der Waals surface area contributed by atoms with Gasteiger partial charge in [0.1, 0.15) is 22.0 Å². The lowest BCUT2D eigenvalue weighted by molar-refractivity contribution is 0.453. The second kappa shape index (κ2) is 6.30. The molecule has 100 valence electrons. The van der Waals surface area contributed by atoms with Crippen LogP contribution in [0.15, 0.2) is 28.9 Å². The van der Waals surface area contributed by atoms with E-state index in [0.717, 1.165) is 12.8 Å². The Balaban J connectivity index is 2.24. The predicted molar refractivity (Wildman–Crippen MR) is 75.2 cm³/mol. The zero-order valence-electron chi connectivity index (χ0n) is 10.2. The Morgan fingerprint density at radius 1 is 1.32 bits per heavy atom. The summed E-state index contributed by atoms with van der Waals surface area (Å²) in [4.78, 5) is 8.48. The van der Waals surface area contributed by atoms with Crippen LogP contribution in [-0.4, -0.2) is 9.97 Å². The van der Waals surface area contributed by atoms with Crippen molar-refractivity contribution >= 4 is 27.5 Å². The summed E-state index contributed by atoms with van der Waals surface area (Å²) in [5.74, 6) is 0.865. The molecule has 6 heteroatoms. The molecule has 0 saturated carbocycles. The predicted octanol–water partition coefficient (Wildman–Crippen LogP) is 4.78. The molecule has 2 aromatic rings. The van der Waals surface area contributed by atoms with Gasteiger partial charge in [0.15, 0.2) is 0 Å². The van der Waals surface area contributed by atoms with Gasteiger partial charge in [-0.05, 0) is 34.5 Å². The highest BCUT2D eigenvalue weighted by Crippen LogP contribution is 2.25. The number of ether oxygens (including phenoxy) is 1. The average molecular weight is 346 g/mol. The van der Waals surface area contributed by atoms with Crippen LogP contribution in [0.4, 0.5) is 4.39 Å². The van der Waals surface area contributed by atoms with Gasteiger partial charge in [-0.2, -0.15) is 4.98 Å². The average Bonchev–Trinajstić information content (AvgIpc) is 2.33. The lowest BCUT2D eigenvalue weighted by Crippen LogP contribution is -1.98. The number of aryl methyl sites for hydroxylation is 1. The Hall–Kier alpha value is -1.20. The second-order valence-electron chi connectivity index (χ2n) is 3.87. The minimum atomic E-state index is -0.527. The number of hydrogen-bond acceptors (Lipinski definition) is 3. The highest BCUT2D eigenvalue weighted by molar-refractivity contribution is 9.10. The fraction of sp³-hybridized carbons (Fsp3) is 0.231. The van der Waals surface area contributed by atoms with E-state index in [4.69, 9.17) is 16.3 Å². The zero-order valence-corrected chi connectivity index (χ0v) is 12.5. The zero-order chi connectivity index (χ0) is 13.8. The third-order valence-corrected chi connectivity index (χ3v) is 3.02. The maximum atomic E-state index is 13.3. The fourth-order valence-electron chi connectivity index (χ4n) is 1.49. The fourth-order valence-corrected chi connectivity index (χ4v) is 2.01. The lowest BCUT2D eigenvalue weighted by atomic mass is 10.3. The number of benzene rings is 1. The molecule has 0 aliphatic rings. The second-order valence-corrected chi connectivity index (χ2v) is 5.09. The molecular weight excluding hydrogens is 335 g/mol. The molecule has 0 saturated heterocycles. The van der Waals surface area contributed by atoms with Crippen LogP contribution in [0.1, 0.15) is 19.2 Å². The van der Waals surface area contributed by atoms with Crippen LogP contribution in [0.25, 0.3) is 0 Å². The van der Waals surface area contributed by atoms with E-state index in [9.17, 15) is 4.39 Å². The normalized spacial score (nSPS) is 10.5. The van der Waals surface area contributed by atoms with Crippen molar-refractivity contribution in [2.45, 2.75) is 19.8 Å². The summed E-state index contributed by atoms with van der Waals surface area (Å²) in [6.45, 7) is 2.04. The molecule has 0 fully saturated rings. The van der Waals surface area contributed by atoms with Gasteiger partial charge in [-0.25, -0.2) is 9.37 Å². The first-order valence-electron chi connectivity index (χ1n) is 5.75. The van der Waals surface area contributed by atoms with Crippen molar-refractivity contribution < 1.29 is 9.13 Å². The van der Waals surface area contributed by atoms with Crippen LogP contribution in [0.3, 0.4) is 0 Å². The van der Waals surface area contributed by atoms with E-state index in [1.807, 2.05) is 6.92 Å². The Bertz CT molecular complexity index is 595. The first kappa shape index (κ1) is 14.2. The molecule has 3 nitrogen and oxygen atoms in total. The molecule has 0 N–H and O–H groups in total. The lowest BCUT2D eigenvalue weighted by Gasteiger charge is -2.07. The monoisotopic (exact) mass is 344 g/mol. The molecule has 1 aromatic carbocycles. The van der Waals surface area contributed by atoms with Crippen molar-refractivity contribution in [1.29, 1.82) is 0 Å². The number of nitrogens with zero attached hydrogens (tertiary/aromatic N) is 2. The summed E-state index contributed by atoms with van der Waals surface area (Å²) in [7, 11) is 0. The van der Waals surface area contributed by atoms with Gasteiger partial charge in [0.05, 0.1) is 5.02 Å². The third-order valence-electron chi connectivity index (χ3n) is 2.30. The number of halogens is 3. The van der Waals surface area contributed by atoms with E-state index in [2.05, 4.69) is 25.9 Å². The SMILES string of the molecule is CCCc1nc(Br)cc(Oc2ccc(Cl)c(F)c2)n1. The highest BCUT2D eigenvalue weighted by atomic mass is 79.9. The minimum absolute atomic E-state index is 0.0582. The maximum absolute atomic E-state index is 13.3. The highest BCUT2D eigenvalue weighted by Gasteiger charge is 2.07. The van der Waals surface area contributed by atoms with Gasteiger partial charge < -0.3 is 4.74 Å². The van der Waals surface area contributed by atoms with Gasteiger partial charge in [0.2, 0.25) is 5.88 Å².